The van der Waals surface area contributed by atoms with E-state index in [1.54, 1.807) is 6.07 Å². The molecule has 0 saturated heterocycles. The van der Waals surface area contributed by atoms with Gasteiger partial charge in [0.2, 0.25) is 0 Å². The van der Waals surface area contributed by atoms with Crippen LogP contribution in [-0.2, 0) is 10.1 Å². The largest absolute Gasteiger partial charge is 0.370 e. The van der Waals surface area contributed by atoms with Gasteiger partial charge >= 0.3 is 0 Å². The average molecular weight is 400 g/mol. The van der Waals surface area contributed by atoms with Crippen molar-refractivity contribution < 1.29 is 17.8 Å². The average Bonchev–Trinajstić information content (AvgIpc) is 2.60. The lowest BCUT2D eigenvalue weighted by Crippen LogP contribution is -2.35. The van der Waals surface area contributed by atoms with E-state index < -0.39 is 16.0 Å². The minimum atomic E-state index is -3.67. The van der Waals surface area contributed by atoms with Gasteiger partial charge in [0.1, 0.15) is 0 Å². The van der Waals surface area contributed by atoms with Gasteiger partial charge in [-0.1, -0.05) is 48.5 Å². The van der Waals surface area contributed by atoms with E-state index in [0.29, 0.717) is 17.5 Å². The van der Waals surface area contributed by atoms with Gasteiger partial charge in [-0.15, -0.1) is 0 Å². The van der Waals surface area contributed by atoms with E-state index in [1.807, 2.05) is 55.5 Å². The minimum Gasteiger partial charge on any atom is -0.370 e. The fraction of sp³-hybridized carbons (Fsp3) is 0.105. The first kappa shape index (κ1) is 21.0. The third kappa shape index (κ3) is 5.86. The molecule has 146 valence electrons. The Morgan fingerprint density at radius 1 is 1.14 bits per heavy atom. The molecule has 0 unspecified atom stereocenters. The molecule has 0 radical (unpaired) electrons. The summed E-state index contributed by atoms with van der Waals surface area (Å²) in [5.74, 6) is -0.790. The molecule has 3 aromatic rings. The summed E-state index contributed by atoms with van der Waals surface area (Å²) in [6, 6.07) is 17.1. The molecule has 0 spiro atoms. The van der Waals surface area contributed by atoms with Gasteiger partial charge in [0, 0.05) is 10.9 Å². The van der Waals surface area contributed by atoms with E-state index in [0.717, 1.165) is 22.0 Å². The number of carbonyl (C=O) groups is 1. The molecule has 9 heteroatoms. The second-order valence-electron chi connectivity index (χ2n) is 5.99. The van der Waals surface area contributed by atoms with Crippen LogP contribution in [0.4, 0.5) is 0 Å². The molecule has 0 aliphatic rings. The second kappa shape index (κ2) is 8.59. The number of carbonyl (C=O) groups excluding carboxylic acids is 1. The van der Waals surface area contributed by atoms with Crippen LogP contribution in [0.5, 0.6) is 0 Å². The monoisotopic (exact) mass is 400 g/mol. The van der Waals surface area contributed by atoms with E-state index in [2.05, 4.69) is 5.32 Å². The summed E-state index contributed by atoms with van der Waals surface area (Å²) >= 11 is 0. The SMILES string of the molecule is CS(=O)(=O)O.Cc1cccc2c(C(=O)NC(=N)N)cc(-c3ccccc3)nc12. The van der Waals surface area contributed by atoms with Gasteiger partial charge in [-0.25, -0.2) is 4.98 Å². The number of aromatic nitrogens is 1. The van der Waals surface area contributed by atoms with Gasteiger partial charge in [-0.05, 0) is 18.6 Å². The van der Waals surface area contributed by atoms with Gasteiger partial charge in [-0.3, -0.25) is 20.1 Å². The van der Waals surface area contributed by atoms with Crippen LogP contribution in [0.3, 0.4) is 0 Å². The number of para-hydroxylation sites is 1. The van der Waals surface area contributed by atoms with Crippen molar-refractivity contribution in [1.29, 1.82) is 5.41 Å². The maximum Gasteiger partial charge on any atom is 0.261 e. The number of nitrogens with two attached hydrogens (primary N) is 1. The number of fused-ring (bicyclic) bond motifs is 1. The van der Waals surface area contributed by atoms with E-state index in [-0.39, 0.29) is 5.96 Å². The van der Waals surface area contributed by atoms with Gasteiger partial charge in [0.15, 0.2) is 5.96 Å². The number of guanidine groups is 1. The molecule has 0 aliphatic carbocycles. The molecule has 3 rings (SSSR count). The van der Waals surface area contributed by atoms with Gasteiger partial charge in [-0.2, -0.15) is 8.42 Å². The smallest absolute Gasteiger partial charge is 0.261 e. The lowest BCUT2D eigenvalue weighted by Gasteiger charge is -2.11. The van der Waals surface area contributed by atoms with Gasteiger partial charge in [0.05, 0.1) is 23.0 Å². The normalized spacial score (nSPS) is 10.7. The molecular weight excluding hydrogens is 380 g/mol. The van der Waals surface area contributed by atoms with Crippen molar-refractivity contribution >= 4 is 32.9 Å². The van der Waals surface area contributed by atoms with Crippen LogP contribution in [-0.4, -0.2) is 36.1 Å². The Morgan fingerprint density at radius 3 is 2.32 bits per heavy atom. The summed E-state index contributed by atoms with van der Waals surface area (Å²) < 4.78 is 25.9. The van der Waals surface area contributed by atoms with Crippen molar-refractivity contribution in [2.75, 3.05) is 6.26 Å². The van der Waals surface area contributed by atoms with Crippen LogP contribution in [0.25, 0.3) is 22.2 Å². The van der Waals surface area contributed by atoms with E-state index in [9.17, 15) is 13.2 Å². The molecule has 0 atom stereocenters. The molecule has 1 aromatic heterocycles. The van der Waals surface area contributed by atoms with Crippen molar-refractivity contribution in [2.24, 2.45) is 5.73 Å². The lowest BCUT2D eigenvalue weighted by molar-refractivity contribution is 0.0978. The van der Waals surface area contributed by atoms with E-state index >= 15 is 0 Å². The summed E-state index contributed by atoms with van der Waals surface area (Å²) in [5.41, 5.74) is 9.13. The zero-order valence-electron chi connectivity index (χ0n) is 15.3. The Morgan fingerprint density at radius 2 is 1.75 bits per heavy atom. The zero-order chi connectivity index (χ0) is 20.9. The van der Waals surface area contributed by atoms with Crippen molar-refractivity contribution in [1.82, 2.24) is 10.3 Å². The highest BCUT2D eigenvalue weighted by Crippen LogP contribution is 2.26. The number of aryl methyl sites for hydroxylation is 1. The molecule has 0 saturated carbocycles. The van der Waals surface area contributed by atoms with Crippen LogP contribution >= 0.6 is 0 Å². The molecule has 1 heterocycles. The maximum absolute atomic E-state index is 12.4. The molecule has 0 bridgehead atoms. The van der Waals surface area contributed by atoms with E-state index in [1.165, 1.54) is 0 Å². The Labute approximate surface area is 162 Å². The van der Waals surface area contributed by atoms with Gasteiger partial charge < -0.3 is 5.73 Å². The minimum absolute atomic E-state index is 0.381. The number of benzene rings is 2. The third-order valence-corrected chi connectivity index (χ3v) is 3.60. The summed E-state index contributed by atoms with van der Waals surface area (Å²) in [6.07, 6.45) is 0.715. The Kier molecular flexibility index (Phi) is 6.45. The van der Waals surface area contributed by atoms with Crippen LogP contribution in [0.1, 0.15) is 15.9 Å². The van der Waals surface area contributed by atoms with Crippen LogP contribution in [0, 0.1) is 12.3 Å². The molecule has 8 nitrogen and oxygen atoms in total. The number of nitrogens with zero attached hydrogens (tertiary/aromatic N) is 1. The number of pyridine rings is 1. The molecule has 0 aliphatic heterocycles. The number of nitrogens with one attached hydrogen (secondary N) is 2. The second-order valence-corrected chi connectivity index (χ2v) is 7.46. The fourth-order valence-corrected chi connectivity index (χ4v) is 2.53. The Hall–Kier alpha value is -3.30. The summed E-state index contributed by atoms with van der Waals surface area (Å²) in [7, 11) is -3.67. The number of hydrogen-bond acceptors (Lipinski definition) is 5. The third-order valence-electron chi connectivity index (χ3n) is 3.60. The molecular formula is C19H20N4O4S. The standard InChI is InChI=1S/C18H16N4O.CH4O3S/c1-11-6-5-9-13-14(17(23)22-18(19)20)10-15(21-16(11)13)12-7-3-2-4-8-12;1-5(2,3)4/h2-10H,1H3,(H4,19,20,22,23);1H3,(H,2,3,4). The van der Waals surface area contributed by atoms with Crippen molar-refractivity contribution in [3.05, 3.63) is 65.7 Å². The molecule has 5 N–H and O–H groups in total. The summed E-state index contributed by atoms with van der Waals surface area (Å²) in [6.45, 7) is 1.96. The first-order valence-corrected chi connectivity index (χ1v) is 9.94. The molecule has 1 amide bonds. The van der Waals surface area contributed by atoms with Crippen molar-refractivity contribution in [2.45, 2.75) is 6.92 Å². The first-order valence-electron chi connectivity index (χ1n) is 8.10. The van der Waals surface area contributed by atoms with Crippen LogP contribution < -0.4 is 11.1 Å². The van der Waals surface area contributed by atoms with E-state index in [4.69, 9.17) is 20.7 Å². The maximum atomic E-state index is 12.4. The fourth-order valence-electron chi connectivity index (χ4n) is 2.53. The summed E-state index contributed by atoms with van der Waals surface area (Å²) in [5, 5.41) is 10.4. The topological polar surface area (TPSA) is 146 Å². The van der Waals surface area contributed by atoms with Crippen molar-refractivity contribution in [3.63, 3.8) is 0 Å². The van der Waals surface area contributed by atoms with Crippen molar-refractivity contribution in [3.8, 4) is 11.3 Å². The highest BCUT2D eigenvalue weighted by atomic mass is 32.2. The van der Waals surface area contributed by atoms with Crippen LogP contribution in [0.15, 0.2) is 54.6 Å². The number of rotatable bonds is 2. The predicted octanol–water partition coefficient (Wildman–Crippen LogP) is 2.34. The number of hydrogen-bond donors (Lipinski definition) is 4. The van der Waals surface area contributed by atoms with Crippen LogP contribution in [0.2, 0.25) is 0 Å². The zero-order valence-corrected chi connectivity index (χ0v) is 16.1. The number of amides is 1. The molecule has 0 fully saturated rings. The quantitative estimate of drug-likeness (QED) is 0.295. The summed E-state index contributed by atoms with van der Waals surface area (Å²) in [4.78, 5) is 17.1. The first-order chi connectivity index (χ1) is 13.1. The lowest BCUT2D eigenvalue weighted by atomic mass is 10.0. The highest BCUT2D eigenvalue weighted by molar-refractivity contribution is 7.85. The predicted molar refractivity (Wildman–Crippen MR) is 109 cm³/mol. The van der Waals surface area contributed by atoms with Gasteiger partial charge in [0.25, 0.3) is 16.0 Å². The molecule has 2 aromatic carbocycles. The Bertz CT molecular complexity index is 1120. The highest BCUT2D eigenvalue weighted by Gasteiger charge is 2.15. The molecule has 28 heavy (non-hydrogen) atoms. The Balaban J connectivity index is 0.000000500.